The van der Waals surface area contributed by atoms with Gasteiger partial charge in [-0.3, -0.25) is 0 Å². The number of ether oxygens (including phenoxy) is 1. The summed E-state index contributed by atoms with van der Waals surface area (Å²) in [6, 6.07) is 16.0. The SMILES string of the molecule is CC(C)(C)OC(=O)NCCc1ccc(N)cc1-c1ccccc1. The van der Waals surface area contributed by atoms with Crippen LogP contribution in [0.15, 0.2) is 48.5 Å². The van der Waals surface area contributed by atoms with Gasteiger partial charge in [-0.15, -0.1) is 0 Å². The Kier molecular flexibility index (Phi) is 5.27. The van der Waals surface area contributed by atoms with Crippen LogP contribution in [0.4, 0.5) is 10.5 Å². The number of benzene rings is 2. The zero-order chi connectivity index (χ0) is 16.9. The second-order valence-corrected chi connectivity index (χ2v) is 6.46. The number of carbonyl (C=O) groups excluding carboxylic acids is 1. The van der Waals surface area contributed by atoms with Crippen molar-refractivity contribution in [3.8, 4) is 11.1 Å². The molecule has 2 rings (SSSR count). The number of amides is 1. The van der Waals surface area contributed by atoms with Gasteiger partial charge in [-0.05, 0) is 56.0 Å². The first-order valence-electron chi connectivity index (χ1n) is 7.76. The Morgan fingerprint density at radius 1 is 1.13 bits per heavy atom. The third-order valence-corrected chi connectivity index (χ3v) is 3.28. The lowest BCUT2D eigenvalue weighted by molar-refractivity contribution is 0.0528. The standard InChI is InChI=1S/C19H24N2O2/c1-19(2,3)23-18(22)21-12-11-15-9-10-16(20)13-17(15)14-7-5-4-6-8-14/h4-10,13H,11-12,20H2,1-3H3,(H,21,22). The van der Waals surface area contributed by atoms with Gasteiger partial charge in [0.2, 0.25) is 0 Å². The molecule has 0 aliphatic heterocycles. The molecule has 2 aromatic carbocycles. The van der Waals surface area contributed by atoms with Crippen LogP contribution in [0.5, 0.6) is 0 Å². The minimum atomic E-state index is -0.486. The average Bonchev–Trinajstić information content (AvgIpc) is 2.48. The maximum absolute atomic E-state index is 11.7. The summed E-state index contributed by atoms with van der Waals surface area (Å²) in [6.07, 6.45) is 0.318. The van der Waals surface area contributed by atoms with Gasteiger partial charge in [-0.25, -0.2) is 4.79 Å². The van der Waals surface area contributed by atoms with Gasteiger partial charge < -0.3 is 15.8 Å². The number of anilines is 1. The molecule has 4 nitrogen and oxygen atoms in total. The summed E-state index contributed by atoms with van der Waals surface area (Å²) in [6.45, 7) is 6.05. The van der Waals surface area contributed by atoms with Crippen LogP contribution in [-0.2, 0) is 11.2 Å². The van der Waals surface area contributed by atoms with Crippen molar-refractivity contribution in [3.05, 3.63) is 54.1 Å². The van der Waals surface area contributed by atoms with Gasteiger partial charge in [-0.2, -0.15) is 0 Å². The molecule has 0 fully saturated rings. The fourth-order valence-corrected chi connectivity index (χ4v) is 2.31. The van der Waals surface area contributed by atoms with E-state index in [1.807, 2.05) is 57.2 Å². The highest BCUT2D eigenvalue weighted by molar-refractivity contribution is 5.71. The Bertz CT molecular complexity index is 661. The van der Waals surface area contributed by atoms with Crippen LogP contribution >= 0.6 is 0 Å². The van der Waals surface area contributed by atoms with Crippen molar-refractivity contribution in [3.63, 3.8) is 0 Å². The summed E-state index contributed by atoms with van der Waals surface area (Å²) in [4.78, 5) is 11.7. The molecule has 0 saturated carbocycles. The minimum Gasteiger partial charge on any atom is -0.444 e. The van der Waals surface area contributed by atoms with Gasteiger partial charge in [0.1, 0.15) is 5.60 Å². The molecule has 4 heteroatoms. The van der Waals surface area contributed by atoms with Crippen molar-refractivity contribution in [2.24, 2.45) is 0 Å². The van der Waals surface area contributed by atoms with E-state index >= 15 is 0 Å². The molecule has 2 aromatic rings. The van der Waals surface area contributed by atoms with Gasteiger partial charge in [-0.1, -0.05) is 36.4 Å². The topological polar surface area (TPSA) is 64.3 Å². The van der Waals surface area contributed by atoms with E-state index in [0.29, 0.717) is 13.0 Å². The summed E-state index contributed by atoms with van der Waals surface area (Å²) < 4.78 is 5.24. The molecule has 0 heterocycles. The Morgan fingerprint density at radius 2 is 1.83 bits per heavy atom. The molecule has 0 bridgehead atoms. The number of nitrogens with two attached hydrogens (primary N) is 1. The van der Waals surface area contributed by atoms with Crippen molar-refractivity contribution in [2.75, 3.05) is 12.3 Å². The van der Waals surface area contributed by atoms with Gasteiger partial charge in [0.05, 0.1) is 0 Å². The number of carbonyl (C=O) groups is 1. The van der Waals surface area contributed by atoms with Crippen LogP contribution in [0.3, 0.4) is 0 Å². The summed E-state index contributed by atoms with van der Waals surface area (Å²) in [7, 11) is 0. The van der Waals surface area contributed by atoms with Crippen LogP contribution in [0.2, 0.25) is 0 Å². The molecular weight excluding hydrogens is 288 g/mol. The first-order chi connectivity index (χ1) is 10.8. The zero-order valence-corrected chi connectivity index (χ0v) is 13.9. The average molecular weight is 312 g/mol. The third-order valence-electron chi connectivity index (χ3n) is 3.28. The maximum Gasteiger partial charge on any atom is 0.407 e. The van der Waals surface area contributed by atoms with Crippen molar-refractivity contribution in [1.29, 1.82) is 0 Å². The van der Waals surface area contributed by atoms with Crippen LogP contribution in [0.1, 0.15) is 26.3 Å². The Hall–Kier alpha value is -2.49. The van der Waals surface area contributed by atoms with Crippen molar-refractivity contribution in [1.82, 2.24) is 5.32 Å². The summed E-state index contributed by atoms with van der Waals surface area (Å²) in [5.41, 5.74) is 9.52. The summed E-state index contributed by atoms with van der Waals surface area (Å²) in [5.74, 6) is 0. The highest BCUT2D eigenvalue weighted by Gasteiger charge is 2.15. The predicted molar refractivity (Wildman–Crippen MR) is 94.2 cm³/mol. The molecule has 0 aliphatic rings. The van der Waals surface area contributed by atoms with Crippen molar-refractivity contribution >= 4 is 11.8 Å². The van der Waals surface area contributed by atoms with Gasteiger partial charge in [0, 0.05) is 12.2 Å². The number of rotatable bonds is 4. The third kappa shape index (κ3) is 5.33. The molecular formula is C19H24N2O2. The second kappa shape index (κ2) is 7.18. The first-order valence-corrected chi connectivity index (χ1v) is 7.76. The normalized spacial score (nSPS) is 11.1. The number of hydrogen-bond donors (Lipinski definition) is 2. The van der Waals surface area contributed by atoms with Crippen LogP contribution in [-0.4, -0.2) is 18.2 Å². The molecule has 0 spiro atoms. The highest BCUT2D eigenvalue weighted by Crippen LogP contribution is 2.26. The van der Waals surface area contributed by atoms with Crippen molar-refractivity contribution < 1.29 is 9.53 Å². The number of nitrogen functional groups attached to an aromatic ring is 1. The van der Waals surface area contributed by atoms with Crippen molar-refractivity contribution in [2.45, 2.75) is 32.8 Å². The largest absolute Gasteiger partial charge is 0.444 e. The van der Waals surface area contributed by atoms with E-state index in [4.69, 9.17) is 10.5 Å². The minimum absolute atomic E-state index is 0.394. The molecule has 23 heavy (non-hydrogen) atoms. The molecule has 0 aromatic heterocycles. The van der Waals surface area contributed by atoms with Gasteiger partial charge in [0.15, 0.2) is 0 Å². The molecule has 0 unspecified atom stereocenters. The maximum atomic E-state index is 11.7. The Morgan fingerprint density at radius 3 is 2.48 bits per heavy atom. The molecule has 0 aliphatic carbocycles. The highest BCUT2D eigenvalue weighted by atomic mass is 16.6. The molecule has 0 atom stereocenters. The van der Waals surface area contributed by atoms with Crippen LogP contribution in [0.25, 0.3) is 11.1 Å². The lowest BCUT2D eigenvalue weighted by Crippen LogP contribution is -2.33. The smallest absolute Gasteiger partial charge is 0.407 e. The fourth-order valence-electron chi connectivity index (χ4n) is 2.31. The number of nitrogens with one attached hydrogen (secondary N) is 1. The molecule has 0 saturated heterocycles. The van der Waals surface area contributed by atoms with Crippen LogP contribution in [0, 0.1) is 0 Å². The van der Waals surface area contributed by atoms with E-state index in [1.54, 1.807) is 0 Å². The Labute approximate surface area is 137 Å². The van der Waals surface area contributed by atoms with E-state index in [0.717, 1.165) is 22.4 Å². The predicted octanol–water partition coefficient (Wildman–Crippen LogP) is 4.00. The Balaban J connectivity index is 2.05. The molecule has 3 N–H and O–H groups in total. The second-order valence-electron chi connectivity index (χ2n) is 6.46. The molecule has 122 valence electrons. The van der Waals surface area contributed by atoms with E-state index in [2.05, 4.69) is 17.4 Å². The van der Waals surface area contributed by atoms with E-state index < -0.39 is 11.7 Å². The molecule has 1 amide bonds. The zero-order valence-electron chi connectivity index (χ0n) is 13.9. The first kappa shape index (κ1) is 16.9. The fraction of sp³-hybridized carbons (Fsp3) is 0.316. The lowest BCUT2D eigenvalue weighted by Gasteiger charge is -2.20. The number of hydrogen-bond acceptors (Lipinski definition) is 3. The lowest BCUT2D eigenvalue weighted by atomic mass is 9.97. The molecule has 0 radical (unpaired) electrons. The van der Waals surface area contributed by atoms with E-state index in [-0.39, 0.29) is 0 Å². The van der Waals surface area contributed by atoms with Gasteiger partial charge in [0.25, 0.3) is 0 Å². The quantitative estimate of drug-likeness (QED) is 0.839. The van der Waals surface area contributed by atoms with Crippen LogP contribution < -0.4 is 11.1 Å². The van der Waals surface area contributed by atoms with E-state index in [9.17, 15) is 4.79 Å². The van der Waals surface area contributed by atoms with E-state index in [1.165, 1.54) is 0 Å². The monoisotopic (exact) mass is 312 g/mol. The number of alkyl carbamates (subject to hydrolysis) is 1. The summed E-state index contributed by atoms with van der Waals surface area (Å²) in [5, 5.41) is 2.79. The van der Waals surface area contributed by atoms with Gasteiger partial charge >= 0.3 is 6.09 Å². The summed E-state index contributed by atoms with van der Waals surface area (Å²) >= 11 is 0.